The van der Waals surface area contributed by atoms with E-state index in [9.17, 15) is 18.7 Å². The molecule has 0 saturated heterocycles. The summed E-state index contributed by atoms with van der Waals surface area (Å²) in [5, 5.41) is 17.3. The van der Waals surface area contributed by atoms with E-state index >= 15 is 0 Å². The van der Waals surface area contributed by atoms with Crippen LogP contribution in [0.3, 0.4) is 0 Å². The van der Waals surface area contributed by atoms with E-state index in [2.05, 4.69) is 0 Å². The average molecular weight is 306 g/mol. The van der Waals surface area contributed by atoms with Crippen LogP contribution in [0.2, 0.25) is 0 Å². The molecule has 0 aliphatic heterocycles. The molecular weight excluding hydrogens is 294 g/mol. The Hall–Kier alpha value is -0.760. The van der Waals surface area contributed by atoms with Gasteiger partial charge in [0.2, 0.25) is 0 Å². The predicted octanol–water partition coefficient (Wildman–Crippen LogP) is -1.12. The molecule has 0 radical (unpaired) electrons. The van der Waals surface area contributed by atoms with Gasteiger partial charge < -0.3 is 29.8 Å². The fourth-order valence-corrected chi connectivity index (χ4v) is 3.80. The number of carbonyl (C=O) groups is 2. The van der Waals surface area contributed by atoms with Crippen LogP contribution in [0, 0.1) is 5.92 Å². The maximum absolute atomic E-state index is 10.9. The molecule has 2 atom stereocenters. The van der Waals surface area contributed by atoms with E-state index in [0.29, 0.717) is 0 Å². The van der Waals surface area contributed by atoms with E-state index in [1.54, 1.807) is 0 Å². The van der Waals surface area contributed by atoms with Gasteiger partial charge in [0.05, 0.1) is 0 Å². The Bertz CT molecular complexity index is 392. The SMILES string of the molecule is CC(C(C(=O)O)P(=O)(O)O)C(C(=O)O)P(=O)(O)O. The summed E-state index contributed by atoms with van der Waals surface area (Å²) >= 11 is 0. The zero-order valence-corrected chi connectivity index (χ0v) is 10.7. The van der Waals surface area contributed by atoms with Gasteiger partial charge in [0.15, 0.2) is 11.3 Å². The van der Waals surface area contributed by atoms with Crippen molar-refractivity contribution >= 4 is 27.1 Å². The van der Waals surface area contributed by atoms with Gasteiger partial charge >= 0.3 is 27.1 Å². The van der Waals surface area contributed by atoms with Crippen molar-refractivity contribution in [3.05, 3.63) is 0 Å². The molecule has 0 rings (SSSR count). The van der Waals surface area contributed by atoms with E-state index < -0.39 is 44.4 Å². The third kappa shape index (κ3) is 4.16. The lowest BCUT2D eigenvalue weighted by Gasteiger charge is -2.26. The van der Waals surface area contributed by atoms with E-state index in [1.807, 2.05) is 0 Å². The Kier molecular flexibility index (Phi) is 5.25. The summed E-state index contributed by atoms with van der Waals surface area (Å²) in [5.41, 5.74) is -5.02. The fraction of sp³-hybridized carbons (Fsp3) is 0.667. The van der Waals surface area contributed by atoms with Crippen molar-refractivity contribution in [2.24, 2.45) is 5.92 Å². The number of rotatable bonds is 6. The van der Waals surface area contributed by atoms with Gasteiger partial charge in [-0.2, -0.15) is 0 Å². The maximum Gasteiger partial charge on any atom is 0.340 e. The molecular formula is C6H12O10P2. The summed E-state index contributed by atoms with van der Waals surface area (Å²) in [6.45, 7) is 0.746. The normalized spacial score (nSPS) is 17.8. The second-order valence-corrected chi connectivity index (χ2v) is 7.07. The summed E-state index contributed by atoms with van der Waals surface area (Å²) in [6.07, 6.45) is 0. The summed E-state index contributed by atoms with van der Waals surface area (Å²) in [7, 11) is -10.5. The largest absolute Gasteiger partial charge is 0.481 e. The molecule has 0 aliphatic rings. The highest BCUT2D eigenvalue weighted by Gasteiger charge is 2.51. The van der Waals surface area contributed by atoms with Gasteiger partial charge in [-0.15, -0.1) is 0 Å². The van der Waals surface area contributed by atoms with Crippen LogP contribution in [-0.4, -0.2) is 53.0 Å². The van der Waals surface area contributed by atoms with Crippen LogP contribution in [-0.2, 0) is 18.7 Å². The van der Waals surface area contributed by atoms with Crippen molar-refractivity contribution in [2.75, 3.05) is 0 Å². The summed E-state index contributed by atoms with van der Waals surface area (Å²) in [5.74, 6) is -6.02. The maximum atomic E-state index is 10.9. The summed E-state index contributed by atoms with van der Waals surface area (Å²) in [6, 6.07) is 0. The van der Waals surface area contributed by atoms with Crippen LogP contribution in [0.1, 0.15) is 6.92 Å². The lowest BCUT2D eigenvalue weighted by atomic mass is 10.0. The van der Waals surface area contributed by atoms with Gasteiger partial charge in [0, 0.05) is 5.92 Å². The van der Waals surface area contributed by atoms with Crippen LogP contribution in [0.4, 0.5) is 0 Å². The van der Waals surface area contributed by atoms with Crippen molar-refractivity contribution in [2.45, 2.75) is 18.2 Å². The van der Waals surface area contributed by atoms with Crippen molar-refractivity contribution in [1.82, 2.24) is 0 Å². The molecule has 106 valence electrons. The molecule has 0 spiro atoms. The highest BCUT2D eigenvalue weighted by Crippen LogP contribution is 2.53. The molecule has 0 bridgehead atoms. The van der Waals surface area contributed by atoms with Crippen LogP contribution < -0.4 is 0 Å². The van der Waals surface area contributed by atoms with Crippen molar-refractivity contribution in [3.63, 3.8) is 0 Å². The van der Waals surface area contributed by atoms with Crippen LogP contribution in [0.25, 0.3) is 0 Å². The van der Waals surface area contributed by atoms with Gasteiger partial charge in [-0.05, 0) is 0 Å². The summed E-state index contributed by atoms with van der Waals surface area (Å²) in [4.78, 5) is 56.6. The minimum atomic E-state index is -5.26. The van der Waals surface area contributed by atoms with E-state index in [0.717, 1.165) is 6.92 Å². The van der Waals surface area contributed by atoms with E-state index in [-0.39, 0.29) is 0 Å². The fourth-order valence-electron chi connectivity index (χ4n) is 1.52. The molecule has 0 amide bonds. The van der Waals surface area contributed by atoms with Gasteiger partial charge in [-0.3, -0.25) is 18.7 Å². The number of aliphatic carboxylic acids is 2. The lowest BCUT2D eigenvalue weighted by Crippen LogP contribution is -2.39. The molecule has 18 heavy (non-hydrogen) atoms. The smallest absolute Gasteiger partial charge is 0.340 e. The first kappa shape index (κ1) is 17.2. The molecule has 0 aromatic heterocycles. The number of hydrogen-bond donors (Lipinski definition) is 6. The second kappa shape index (κ2) is 5.48. The first-order valence-electron chi connectivity index (χ1n) is 4.36. The Labute approximate surface area is 101 Å². The monoisotopic (exact) mass is 306 g/mol. The highest BCUT2D eigenvalue weighted by molar-refractivity contribution is 7.55. The molecule has 0 heterocycles. The summed E-state index contributed by atoms with van der Waals surface area (Å²) < 4.78 is 21.9. The van der Waals surface area contributed by atoms with Gasteiger partial charge in [0.1, 0.15) is 0 Å². The van der Waals surface area contributed by atoms with E-state index in [1.165, 1.54) is 0 Å². The van der Waals surface area contributed by atoms with Crippen LogP contribution in [0.5, 0.6) is 0 Å². The predicted molar refractivity (Wildman–Crippen MR) is 56.1 cm³/mol. The number of hydrogen-bond acceptors (Lipinski definition) is 4. The first-order valence-corrected chi connectivity index (χ1v) is 7.72. The zero-order chi connectivity index (χ0) is 14.9. The first-order chi connectivity index (χ1) is 7.80. The molecule has 0 fully saturated rings. The van der Waals surface area contributed by atoms with Crippen LogP contribution in [0.15, 0.2) is 0 Å². The second-order valence-electron chi connectivity index (χ2n) is 3.60. The quantitative estimate of drug-likeness (QED) is 0.328. The third-order valence-electron chi connectivity index (χ3n) is 2.23. The average Bonchev–Trinajstić information content (AvgIpc) is 1.93. The zero-order valence-electron chi connectivity index (χ0n) is 8.94. The molecule has 0 aromatic carbocycles. The van der Waals surface area contributed by atoms with Crippen LogP contribution >= 0.6 is 15.2 Å². The topological polar surface area (TPSA) is 190 Å². The van der Waals surface area contributed by atoms with Crippen molar-refractivity contribution < 1.29 is 48.5 Å². The third-order valence-corrected chi connectivity index (χ3v) is 5.06. The van der Waals surface area contributed by atoms with Gasteiger partial charge in [-0.1, -0.05) is 6.92 Å². The Morgan fingerprint density at radius 2 is 1.06 bits per heavy atom. The molecule has 10 nitrogen and oxygen atoms in total. The number of carboxylic acids is 2. The minimum absolute atomic E-state index is 0.746. The Morgan fingerprint density at radius 3 is 1.17 bits per heavy atom. The Balaban J connectivity index is 5.63. The highest BCUT2D eigenvalue weighted by atomic mass is 31.2. The molecule has 12 heteroatoms. The standard InChI is InChI=1S/C6H12O10P2/c1-2(3(5(7)8)17(11,12)13)4(6(9)10)18(14,15)16/h2-4H,1H3,(H,7,8)(H,9,10)(H2,11,12,13)(H2,14,15,16). The molecule has 0 aliphatic carbocycles. The molecule has 0 aromatic rings. The molecule has 2 unspecified atom stereocenters. The van der Waals surface area contributed by atoms with Crippen molar-refractivity contribution in [3.8, 4) is 0 Å². The molecule has 6 N–H and O–H groups in total. The molecule has 0 saturated carbocycles. The van der Waals surface area contributed by atoms with E-state index in [4.69, 9.17) is 29.8 Å². The lowest BCUT2D eigenvalue weighted by molar-refractivity contribution is -0.140. The Morgan fingerprint density at radius 1 is 0.833 bits per heavy atom. The van der Waals surface area contributed by atoms with Gasteiger partial charge in [0.25, 0.3) is 0 Å². The van der Waals surface area contributed by atoms with Gasteiger partial charge in [-0.25, -0.2) is 0 Å². The minimum Gasteiger partial charge on any atom is -0.481 e. The van der Waals surface area contributed by atoms with Crippen molar-refractivity contribution in [1.29, 1.82) is 0 Å². The number of carboxylic acid groups (broad SMARTS) is 2.